The number of nitrogens with zero attached hydrogens (tertiary/aromatic N) is 7. The second kappa shape index (κ2) is 24.2. The molecule has 5 N–H and O–H groups in total. The predicted octanol–water partition coefficient (Wildman–Crippen LogP) is 3.02. The number of nitrogens with one attached hydrogen (secondary N) is 1. The highest BCUT2D eigenvalue weighted by Crippen LogP contribution is 2.30. The summed E-state index contributed by atoms with van der Waals surface area (Å²) < 4.78 is 6.43. The Morgan fingerprint density at radius 2 is 0.851 bits per heavy atom. The fourth-order valence-corrected chi connectivity index (χ4v) is 10.3. The van der Waals surface area contributed by atoms with Crippen molar-refractivity contribution < 1.29 is 29.2 Å². The molecule has 3 aliphatic carbocycles. The van der Waals surface area contributed by atoms with E-state index >= 15 is 0 Å². The Morgan fingerprint density at radius 1 is 0.500 bits per heavy atom. The van der Waals surface area contributed by atoms with Gasteiger partial charge in [0.15, 0.2) is 0 Å². The van der Waals surface area contributed by atoms with Gasteiger partial charge in [0.1, 0.15) is 0 Å². The van der Waals surface area contributed by atoms with Gasteiger partial charge in [0.2, 0.25) is 0 Å². The summed E-state index contributed by atoms with van der Waals surface area (Å²) >= 11 is 0. The molecule has 0 spiro atoms. The zero-order valence-corrected chi connectivity index (χ0v) is 42.1. The van der Waals surface area contributed by atoms with Gasteiger partial charge in [-0.1, -0.05) is 94.9 Å². The summed E-state index contributed by atoms with van der Waals surface area (Å²) in [4.78, 5) is 126. The normalized spacial score (nSPS) is 16.9. The molecule has 0 radical (unpaired) electrons. The maximum Gasteiger partial charge on any atom is 0.454 e. The summed E-state index contributed by atoms with van der Waals surface area (Å²) in [6, 6.07) is 13.4. The maximum absolute atomic E-state index is 12.6. The lowest BCUT2D eigenvalue weighted by Gasteiger charge is -2.25. The van der Waals surface area contributed by atoms with E-state index in [2.05, 4.69) is 4.98 Å². The molecule has 4 amide bonds. The summed E-state index contributed by atoms with van der Waals surface area (Å²) in [6.45, 7) is -0.124. The van der Waals surface area contributed by atoms with Gasteiger partial charge < -0.3 is 20.8 Å². The summed E-state index contributed by atoms with van der Waals surface area (Å²) in [5.41, 5.74) is 5.44. The summed E-state index contributed by atoms with van der Waals surface area (Å²) in [5.74, 6) is -1.53. The van der Waals surface area contributed by atoms with E-state index in [4.69, 9.17) is 15.8 Å². The second-order valence-corrected chi connectivity index (χ2v) is 19.5. The SMILES string of the molecule is Cn1c(=O)[nH]cc(CN2C(=O)c3ccccc3C2=O)c1=O.Cn1c(=O)c(CN)cn(C2CCCCC2)c1=O.Cn1c(=O)c(CN2C(=O)c3ccccc3C2=O)cn(C2CCCCC2)c1=O.OB(O)C1CCCCC1. The van der Waals surface area contributed by atoms with Crippen LogP contribution in [0.4, 0.5) is 0 Å². The van der Waals surface area contributed by atoms with Gasteiger partial charge in [0, 0.05) is 63.9 Å². The number of H-pyrrole nitrogens is 1. The number of imide groups is 2. The predicted molar refractivity (Wildman–Crippen MR) is 275 cm³/mol. The highest BCUT2D eigenvalue weighted by Gasteiger charge is 2.37. The number of fused-ring (bicyclic) bond motifs is 2. The molecule has 21 nitrogen and oxygen atoms in total. The number of amides is 4. The van der Waals surface area contributed by atoms with E-state index in [0.717, 1.165) is 94.1 Å². The molecule has 0 atom stereocenters. The van der Waals surface area contributed by atoms with Crippen LogP contribution in [0.3, 0.4) is 0 Å². The Morgan fingerprint density at radius 3 is 1.23 bits per heavy atom. The number of benzene rings is 2. The summed E-state index contributed by atoms with van der Waals surface area (Å²) in [5, 5.41) is 17.5. The maximum atomic E-state index is 12.6. The van der Waals surface area contributed by atoms with Crippen LogP contribution < -0.4 is 39.5 Å². The lowest BCUT2D eigenvalue weighted by molar-refractivity contribution is 0.0626. The van der Waals surface area contributed by atoms with Gasteiger partial charge in [0.05, 0.1) is 46.5 Å². The lowest BCUT2D eigenvalue weighted by atomic mass is 9.65. The minimum atomic E-state index is -1.06. The van der Waals surface area contributed by atoms with Crippen LogP contribution in [0.1, 0.15) is 167 Å². The number of carbonyl (C=O) groups is 4. The van der Waals surface area contributed by atoms with Crippen molar-refractivity contribution in [3.05, 3.63) is 169 Å². The van der Waals surface area contributed by atoms with Crippen molar-refractivity contribution in [2.24, 2.45) is 26.9 Å². The number of aromatic nitrogens is 6. The molecule has 2 aliphatic heterocycles. The number of aromatic amines is 1. The van der Waals surface area contributed by atoms with Crippen molar-refractivity contribution in [3.63, 3.8) is 0 Å². The zero-order chi connectivity index (χ0) is 53.4. The van der Waals surface area contributed by atoms with E-state index in [1.54, 1.807) is 70.1 Å². The second-order valence-electron chi connectivity index (χ2n) is 19.5. The molecule has 10 rings (SSSR count). The van der Waals surface area contributed by atoms with E-state index in [1.807, 2.05) is 0 Å². The van der Waals surface area contributed by atoms with Gasteiger partial charge in [-0.15, -0.1) is 0 Å². The molecule has 0 bridgehead atoms. The van der Waals surface area contributed by atoms with E-state index in [9.17, 15) is 47.9 Å². The summed E-state index contributed by atoms with van der Waals surface area (Å²) in [7, 11) is 3.22. The molecule has 392 valence electrons. The minimum Gasteiger partial charge on any atom is -0.427 e. The first-order chi connectivity index (χ1) is 35.4. The first-order valence-corrected chi connectivity index (χ1v) is 25.3. The van der Waals surface area contributed by atoms with E-state index < -0.39 is 47.6 Å². The van der Waals surface area contributed by atoms with E-state index in [1.165, 1.54) is 53.0 Å². The average Bonchev–Trinajstić information content (AvgIpc) is 3.81. The van der Waals surface area contributed by atoms with Crippen LogP contribution in [0, 0.1) is 0 Å². The smallest absolute Gasteiger partial charge is 0.427 e. The Kier molecular flexibility index (Phi) is 17.8. The van der Waals surface area contributed by atoms with Crippen LogP contribution in [0.5, 0.6) is 0 Å². The molecular weight excluding hydrogens is 953 g/mol. The van der Waals surface area contributed by atoms with Gasteiger partial charge in [-0.2, -0.15) is 0 Å². The monoisotopic (exact) mass is 1020 g/mol. The molecule has 5 aromatic rings. The molecule has 2 aromatic carbocycles. The van der Waals surface area contributed by atoms with E-state index in [0.29, 0.717) is 27.8 Å². The van der Waals surface area contributed by atoms with Crippen LogP contribution in [0.15, 0.2) is 95.9 Å². The molecule has 0 unspecified atom stereocenters. The van der Waals surface area contributed by atoms with Gasteiger partial charge in [-0.25, -0.2) is 14.4 Å². The van der Waals surface area contributed by atoms with Gasteiger partial charge in [0.25, 0.3) is 40.3 Å². The highest BCUT2D eigenvalue weighted by atomic mass is 16.4. The summed E-state index contributed by atoms with van der Waals surface area (Å²) in [6.07, 6.45) is 20.6. The van der Waals surface area contributed by atoms with Crippen molar-refractivity contribution in [2.75, 3.05) is 0 Å². The number of hydrogen-bond acceptors (Lipinski definition) is 13. The Balaban J connectivity index is 0.000000153. The molecule has 5 aliphatic rings. The first kappa shape index (κ1) is 54.5. The van der Waals surface area contributed by atoms with Gasteiger partial charge in [-0.05, 0) is 55.8 Å². The Hall–Kier alpha value is -7.30. The highest BCUT2D eigenvalue weighted by molar-refractivity contribution is 6.43. The quantitative estimate of drug-likeness (QED) is 0.129. The molecule has 0 saturated heterocycles. The van der Waals surface area contributed by atoms with Crippen molar-refractivity contribution in [2.45, 2.75) is 134 Å². The molecular formula is C52H64BN9O12. The first-order valence-electron chi connectivity index (χ1n) is 25.3. The van der Waals surface area contributed by atoms with Gasteiger partial charge >= 0.3 is 24.2 Å². The lowest BCUT2D eigenvalue weighted by Crippen LogP contribution is -2.43. The standard InChI is InChI=1S/C20H21N3O4.C14H11N3O4.C12H19N3O2.C6H13BO2/c1-21-17(24)13(11-22(20(21)27)14-7-3-2-4-8-14)12-23-18(25)15-9-5-6-10-16(15)19(23)26;1-16-11(18)8(6-15-14(16)21)7-17-12(19)9-4-2-3-5-10(9)13(17)20;1-14-11(16)9(7-13)8-15(12(14)17)10-5-3-2-4-6-10;8-7(9)6-4-2-1-3-5-6/h5-6,9-11,14H,2-4,7-8,12H2,1H3;2-6H,7H2,1H3,(H,15,21);8,10H,2-7,13H2,1H3;6,8-9H,1-5H2. The molecule has 74 heavy (non-hydrogen) atoms. The van der Waals surface area contributed by atoms with Crippen LogP contribution in [0.2, 0.25) is 5.82 Å². The van der Waals surface area contributed by atoms with E-state index in [-0.39, 0.29) is 65.6 Å². The third-order valence-electron chi connectivity index (χ3n) is 14.7. The van der Waals surface area contributed by atoms with Crippen molar-refractivity contribution in [1.29, 1.82) is 0 Å². The number of carbonyl (C=O) groups excluding carboxylic acids is 4. The molecule has 3 saturated carbocycles. The molecule has 5 heterocycles. The van der Waals surface area contributed by atoms with Crippen molar-refractivity contribution in [1.82, 2.24) is 37.6 Å². The fourth-order valence-electron chi connectivity index (χ4n) is 10.3. The Bertz CT molecular complexity index is 3210. The van der Waals surface area contributed by atoms with Crippen LogP contribution in [0.25, 0.3) is 0 Å². The van der Waals surface area contributed by atoms with Crippen molar-refractivity contribution in [3.8, 4) is 0 Å². The molecule has 3 fully saturated rings. The Labute approximate surface area is 425 Å². The van der Waals surface area contributed by atoms with Crippen LogP contribution in [-0.2, 0) is 40.8 Å². The zero-order valence-electron chi connectivity index (χ0n) is 42.1. The van der Waals surface area contributed by atoms with Crippen LogP contribution in [-0.4, -0.2) is 78.4 Å². The minimum absolute atomic E-state index is 0.0546. The molecule has 22 heteroatoms. The van der Waals surface area contributed by atoms with Gasteiger partial charge in [-0.3, -0.25) is 66.2 Å². The van der Waals surface area contributed by atoms with Crippen molar-refractivity contribution >= 4 is 30.7 Å². The number of nitrogens with two attached hydrogens (primary N) is 1. The topological polar surface area (TPSA) is 284 Å². The fraction of sp³-hybridized carbons (Fsp3) is 0.462. The third-order valence-corrected chi connectivity index (χ3v) is 14.7. The van der Waals surface area contributed by atoms with Crippen LogP contribution >= 0.6 is 0 Å². The number of rotatable bonds is 8. The third kappa shape index (κ3) is 11.7. The number of hydrogen-bond donors (Lipinski definition) is 4. The largest absolute Gasteiger partial charge is 0.454 e. The average molecular weight is 1020 g/mol. The molecule has 3 aromatic heterocycles.